The first-order chi connectivity index (χ1) is 8.09. The van der Waals surface area contributed by atoms with Gasteiger partial charge in [0, 0.05) is 0 Å². The average Bonchev–Trinajstić information content (AvgIpc) is 2.30. The monoisotopic (exact) mass is 448 g/mol. The van der Waals surface area contributed by atoms with Crippen molar-refractivity contribution in [1.29, 1.82) is 0 Å². The van der Waals surface area contributed by atoms with Crippen molar-refractivity contribution in [2.75, 3.05) is 0 Å². The zero-order valence-corrected chi connectivity index (χ0v) is 18.5. The molecule has 2 aliphatic carbocycles. The van der Waals surface area contributed by atoms with Crippen molar-refractivity contribution in [3.63, 3.8) is 0 Å². The van der Waals surface area contributed by atoms with Gasteiger partial charge < -0.3 is 0 Å². The van der Waals surface area contributed by atoms with Crippen LogP contribution in [0.5, 0.6) is 0 Å². The van der Waals surface area contributed by atoms with Gasteiger partial charge in [-0.25, -0.2) is 0 Å². The van der Waals surface area contributed by atoms with Crippen molar-refractivity contribution in [3.05, 3.63) is 0 Å². The van der Waals surface area contributed by atoms with E-state index >= 15 is 0 Å². The summed E-state index contributed by atoms with van der Waals surface area (Å²) < 4.78 is 0. The van der Waals surface area contributed by atoms with E-state index in [1.54, 1.807) is 0 Å². The van der Waals surface area contributed by atoms with Crippen molar-refractivity contribution in [2.45, 2.75) is 85.0 Å². The first-order valence-corrected chi connectivity index (χ1v) is 8.09. The first-order valence-electron chi connectivity index (χ1n) is 8.09. The predicted octanol–water partition coefficient (Wildman–Crippen LogP) is 4.63. The summed E-state index contributed by atoms with van der Waals surface area (Å²) >= 11 is 0. The molecular weight excluding hydrogens is 413 g/mol. The Balaban J connectivity index is 0.00000162. The molecule has 2 aliphatic rings. The molecule has 0 heterocycles. The van der Waals surface area contributed by atoms with Gasteiger partial charge in [-0.3, -0.25) is 0 Å². The van der Waals surface area contributed by atoms with Gasteiger partial charge in [0.25, 0.3) is 0 Å². The molecule has 1 heteroatoms. The van der Waals surface area contributed by atoms with Crippen LogP contribution in [0.4, 0.5) is 0 Å². The fourth-order valence-electron chi connectivity index (χ4n) is 4.79. The fourth-order valence-corrected chi connectivity index (χ4v) is 4.79. The number of rotatable bonds is 2. The number of hydrogen-bond acceptors (Lipinski definition) is 0. The van der Waals surface area contributed by atoms with Gasteiger partial charge in [0.15, 0.2) is 0 Å². The van der Waals surface area contributed by atoms with Crippen molar-refractivity contribution >= 4 is 26.2 Å². The molecule has 0 saturated heterocycles. The van der Waals surface area contributed by atoms with E-state index < -0.39 is 0 Å². The minimum absolute atomic E-state index is 0. The third-order valence-electron chi connectivity index (χ3n) is 5.32. The van der Waals surface area contributed by atoms with E-state index in [-0.39, 0.29) is 26.2 Å². The van der Waals surface area contributed by atoms with Crippen LogP contribution in [-0.4, -0.2) is 26.2 Å². The van der Waals surface area contributed by atoms with E-state index in [0.29, 0.717) is 5.41 Å². The maximum absolute atomic E-state index is 2.50. The van der Waals surface area contributed by atoms with Crippen LogP contribution in [0.25, 0.3) is 0 Å². The second-order valence-electron chi connectivity index (χ2n) is 7.69. The summed E-state index contributed by atoms with van der Waals surface area (Å²) in [6, 6.07) is 0. The molecule has 0 aromatic heterocycles. The summed E-state index contributed by atoms with van der Waals surface area (Å²) in [6.07, 6.45) is 15.1. The molecule has 0 amide bonds. The summed E-state index contributed by atoms with van der Waals surface area (Å²) in [5.41, 5.74) is 0.532. The van der Waals surface area contributed by atoms with E-state index in [9.17, 15) is 0 Å². The molecule has 108 valence electrons. The van der Waals surface area contributed by atoms with Gasteiger partial charge in [-0.1, -0.05) is 85.0 Å². The van der Waals surface area contributed by atoms with Gasteiger partial charge in [-0.15, -0.1) is 0 Å². The van der Waals surface area contributed by atoms with Crippen LogP contribution in [0.3, 0.4) is 0 Å². The van der Waals surface area contributed by atoms with Gasteiger partial charge in [-0.2, -0.15) is 0 Å². The van der Waals surface area contributed by atoms with Crippen LogP contribution < -0.4 is 0 Å². The summed E-state index contributed by atoms with van der Waals surface area (Å²) in [7, 11) is 0. The van der Waals surface area contributed by atoms with E-state index in [4.69, 9.17) is 0 Å². The van der Waals surface area contributed by atoms with Gasteiger partial charge >= 0.3 is 26.2 Å². The van der Waals surface area contributed by atoms with Crippen molar-refractivity contribution < 1.29 is 0 Å². The average molecular weight is 448 g/mol. The molecule has 0 unspecified atom stereocenters. The predicted molar refractivity (Wildman–Crippen MR) is 86.0 cm³/mol. The number of hydrogen-bond donors (Lipinski definition) is 0. The summed E-state index contributed by atoms with van der Waals surface area (Å²) in [4.78, 5) is 0. The molecule has 0 spiro atoms. The molecule has 0 atom stereocenters. The van der Waals surface area contributed by atoms with Crippen LogP contribution in [0, 0.1) is 23.2 Å². The van der Waals surface area contributed by atoms with Crippen LogP contribution in [0.15, 0.2) is 0 Å². The Morgan fingerprint density at radius 1 is 0.667 bits per heavy atom. The molecule has 2 fully saturated rings. The Morgan fingerprint density at radius 3 is 1.28 bits per heavy atom. The molecular formula is C17H35Bi. The Morgan fingerprint density at radius 2 is 1.00 bits per heavy atom. The topological polar surface area (TPSA) is 0 Å². The van der Waals surface area contributed by atoms with E-state index in [0.717, 1.165) is 17.8 Å². The van der Waals surface area contributed by atoms with E-state index in [1.807, 2.05) is 0 Å². The van der Waals surface area contributed by atoms with Crippen molar-refractivity contribution in [2.24, 2.45) is 23.2 Å². The Hall–Kier alpha value is 0.883. The van der Waals surface area contributed by atoms with Crippen LogP contribution in [0.1, 0.15) is 85.0 Å². The summed E-state index contributed by atoms with van der Waals surface area (Å²) in [6.45, 7) is 7.50. The SMILES string of the molecule is CC(C)(C)C(C1CCCCC1)C1CCCCC1.[BiH3]. The first kappa shape index (κ1) is 16.9. The van der Waals surface area contributed by atoms with Crippen molar-refractivity contribution in [3.8, 4) is 0 Å². The van der Waals surface area contributed by atoms with Crippen molar-refractivity contribution in [1.82, 2.24) is 0 Å². The second-order valence-corrected chi connectivity index (χ2v) is 7.69. The maximum atomic E-state index is 2.50. The van der Waals surface area contributed by atoms with Gasteiger partial charge in [0.05, 0.1) is 0 Å². The quantitative estimate of drug-likeness (QED) is 0.541. The molecule has 18 heavy (non-hydrogen) atoms. The molecule has 0 bridgehead atoms. The third-order valence-corrected chi connectivity index (χ3v) is 5.32. The second kappa shape index (κ2) is 7.61. The molecule has 0 aromatic carbocycles. The zero-order valence-electron chi connectivity index (χ0n) is 13.0. The molecule has 2 saturated carbocycles. The Labute approximate surface area is 134 Å². The molecule has 0 radical (unpaired) electrons. The van der Waals surface area contributed by atoms with Crippen LogP contribution in [0.2, 0.25) is 0 Å². The molecule has 2 rings (SSSR count). The molecule has 0 aromatic rings. The van der Waals surface area contributed by atoms with E-state index in [1.165, 1.54) is 64.2 Å². The standard InChI is InChI=1S/C17H32.Bi.3H/c1-17(2,3)16(14-10-6-4-7-11-14)15-12-8-5-9-13-15;;;;/h14-16H,4-13H2,1-3H3;;;;. The summed E-state index contributed by atoms with van der Waals surface area (Å²) in [5.74, 6) is 3.10. The Kier molecular flexibility index (Phi) is 7.16. The van der Waals surface area contributed by atoms with Gasteiger partial charge in [-0.05, 0) is 23.2 Å². The van der Waals surface area contributed by atoms with Gasteiger partial charge in [0.1, 0.15) is 0 Å². The van der Waals surface area contributed by atoms with Gasteiger partial charge in [0.2, 0.25) is 0 Å². The molecule has 0 aliphatic heterocycles. The fraction of sp³-hybridized carbons (Fsp3) is 1.00. The van der Waals surface area contributed by atoms with Crippen LogP contribution in [-0.2, 0) is 0 Å². The normalized spacial score (nSPS) is 24.0. The molecule has 0 N–H and O–H groups in total. The van der Waals surface area contributed by atoms with Crippen LogP contribution >= 0.6 is 0 Å². The minimum atomic E-state index is 0. The Bertz CT molecular complexity index is 198. The summed E-state index contributed by atoms with van der Waals surface area (Å²) in [5, 5.41) is 0. The third kappa shape index (κ3) is 4.47. The zero-order chi connectivity index (χ0) is 12.3. The molecule has 0 nitrogen and oxygen atoms in total. The van der Waals surface area contributed by atoms with E-state index in [2.05, 4.69) is 20.8 Å².